The average Bonchev–Trinajstić information content (AvgIpc) is 2.75. The minimum Gasteiger partial charge on any atom is -0.497 e. The van der Waals surface area contributed by atoms with Crippen LogP contribution in [0.2, 0.25) is 0 Å². The molecular formula is C16H20N2O2S. The number of carbonyl (C=O) groups is 1. The molecule has 1 aromatic heterocycles. The molecule has 1 aliphatic rings. The zero-order chi connectivity index (χ0) is 15.1. The molecule has 112 valence electrons. The number of Topliss-reactive ketones (excluding diaryl/α,β-unsaturated/α-hetero) is 1. The Kier molecular flexibility index (Phi) is 3.71. The molecule has 0 aliphatic carbocycles. The number of nitrogens with zero attached hydrogens (tertiary/aromatic N) is 2. The van der Waals surface area contributed by atoms with Crippen molar-refractivity contribution in [1.82, 2.24) is 9.47 Å². The molecule has 21 heavy (non-hydrogen) atoms. The molecule has 1 unspecified atom stereocenters. The third-order valence-corrected chi connectivity index (χ3v) is 5.30. The van der Waals surface area contributed by atoms with Crippen molar-refractivity contribution in [2.75, 3.05) is 33.5 Å². The Morgan fingerprint density at radius 1 is 1.43 bits per heavy atom. The number of fused-ring (bicyclic) bond motifs is 3. The van der Waals surface area contributed by atoms with E-state index < -0.39 is 0 Å². The smallest absolute Gasteiger partial charge is 0.171 e. The molecule has 1 aromatic carbocycles. The summed E-state index contributed by atoms with van der Waals surface area (Å²) in [6.45, 7) is 0.797. The van der Waals surface area contributed by atoms with E-state index in [2.05, 4.69) is 9.47 Å². The van der Waals surface area contributed by atoms with E-state index in [1.54, 1.807) is 18.9 Å². The second-order valence-electron chi connectivity index (χ2n) is 5.76. The molecule has 0 amide bonds. The van der Waals surface area contributed by atoms with Crippen molar-refractivity contribution < 1.29 is 9.53 Å². The zero-order valence-corrected chi connectivity index (χ0v) is 13.7. The van der Waals surface area contributed by atoms with E-state index in [0.29, 0.717) is 0 Å². The Bertz CT molecular complexity index is 706. The van der Waals surface area contributed by atoms with Crippen LogP contribution in [0.5, 0.6) is 5.75 Å². The normalized spacial score (nSPS) is 18.3. The highest BCUT2D eigenvalue weighted by atomic mass is 32.2. The number of hydrogen-bond donors (Lipinski definition) is 0. The lowest BCUT2D eigenvalue weighted by Crippen LogP contribution is -2.32. The molecule has 1 aliphatic heterocycles. The number of methoxy groups -OCH3 is 1. The topological polar surface area (TPSA) is 34.5 Å². The first-order valence-corrected chi connectivity index (χ1v) is 7.99. The summed E-state index contributed by atoms with van der Waals surface area (Å²) in [7, 11) is 7.71. The van der Waals surface area contributed by atoms with Gasteiger partial charge >= 0.3 is 0 Å². The number of rotatable bonds is 3. The summed E-state index contributed by atoms with van der Waals surface area (Å²) in [6.07, 6.45) is 0. The van der Waals surface area contributed by atoms with Crippen molar-refractivity contribution in [3.8, 4) is 5.75 Å². The number of benzene rings is 1. The maximum Gasteiger partial charge on any atom is 0.171 e. The van der Waals surface area contributed by atoms with Gasteiger partial charge in [0, 0.05) is 36.2 Å². The van der Waals surface area contributed by atoms with Gasteiger partial charge in [-0.3, -0.25) is 4.79 Å². The van der Waals surface area contributed by atoms with Gasteiger partial charge in [-0.05, 0) is 32.3 Å². The van der Waals surface area contributed by atoms with E-state index in [0.717, 1.165) is 39.5 Å². The highest BCUT2D eigenvalue weighted by molar-refractivity contribution is 7.99. The van der Waals surface area contributed by atoms with E-state index in [-0.39, 0.29) is 11.7 Å². The maximum atomic E-state index is 12.9. The standard InChI is InChI=1S/C16H20N2O2S/c1-17(2)8-10-9-21-16-14(15(10)19)12-7-11(20-4)5-6-13(12)18(16)3/h5-7,10H,8-9H2,1-4H3. The fourth-order valence-corrected chi connectivity index (χ4v) is 4.23. The molecule has 2 aromatic rings. The van der Waals surface area contributed by atoms with Gasteiger partial charge in [0.05, 0.1) is 17.7 Å². The van der Waals surface area contributed by atoms with Crippen LogP contribution in [0, 0.1) is 5.92 Å². The molecule has 0 saturated heterocycles. The summed E-state index contributed by atoms with van der Waals surface area (Å²) >= 11 is 1.78. The van der Waals surface area contributed by atoms with Gasteiger partial charge in [0.2, 0.25) is 0 Å². The Hall–Kier alpha value is -1.46. The fraction of sp³-hybridized carbons (Fsp3) is 0.438. The molecule has 1 atom stereocenters. The van der Waals surface area contributed by atoms with Gasteiger partial charge < -0.3 is 14.2 Å². The number of thioether (sulfide) groups is 1. The fourth-order valence-electron chi connectivity index (χ4n) is 2.97. The van der Waals surface area contributed by atoms with Crippen LogP contribution in [0.4, 0.5) is 0 Å². The van der Waals surface area contributed by atoms with E-state index in [4.69, 9.17) is 4.74 Å². The van der Waals surface area contributed by atoms with Crippen LogP contribution in [0.25, 0.3) is 10.9 Å². The molecule has 0 spiro atoms. The molecule has 5 heteroatoms. The first kappa shape index (κ1) is 14.5. The van der Waals surface area contributed by atoms with Crippen molar-refractivity contribution in [2.24, 2.45) is 13.0 Å². The Morgan fingerprint density at radius 3 is 2.86 bits per heavy atom. The Labute approximate surface area is 129 Å². The minimum absolute atomic E-state index is 0.0642. The third-order valence-electron chi connectivity index (χ3n) is 3.98. The van der Waals surface area contributed by atoms with Gasteiger partial charge in [0.1, 0.15) is 5.75 Å². The van der Waals surface area contributed by atoms with Crippen LogP contribution >= 0.6 is 11.8 Å². The second-order valence-corrected chi connectivity index (χ2v) is 6.77. The number of ether oxygens (including phenoxy) is 1. The monoisotopic (exact) mass is 304 g/mol. The SMILES string of the molecule is COc1ccc2c(c1)c1c(n2C)SCC(CN(C)C)C1=O. The number of hydrogen-bond acceptors (Lipinski definition) is 4. The first-order valence-electron chi connectivity index (χ1n) is 7.01. The average molecular weight is 304 g/mol. The molecule has 3 rings (SSSR count). The summed E-state index contributed by atoms with van der Waals surface area (Å²) in [4.78, 5) is 15.0. The Morgan fingerprint density at radius 2 is 2.19 bits per heavy atom. The second kappa shape index (κ2) is 5.39. The van der Waals surface area contributed by atoms with Gasteiger partial charge in [0.25, 0.3) is 0 Å². The number of aryl methyl sites for hydroxylation is 1. The van der Waals surface area contributed by atoms with Gasteiger partial charge in [-0.15, -0.1) is 11.8 Å². The molecule has 0 saturated carbocycles. The molecule has 4 nitrogen and oxygen atoms in total. The van der Waals surface area contributed by atoms with Crippen LogP contribution in [0.15, 0.2) is 23.2 Å². The summed E-state index contributed by atoms with van der Waals surface area (Å²) < 4.78 is 7.44. The van der Waals surface area contributed by atoms with Crippen molar-refractivity contribution >= 4 is 28.4 Å². The van der Waals surface area contributed by atoms with Gasteiger partial charge in [-0.2, -0.15) is 0 Å². The summed E-state index contributed by atoms with van der Waals surface area (Å²) in [5, 5.41) is 2.09. The van der Waals surface area contributed by atoms with Crippen LogP contribution < -0.4 is 4.74 Å². The molecular weight excluding hydrogens is 284 g/mol. The van der Waals surface area contributed by atoms with Gasteiger partial charge in [-0.1, -0.05) is 0 Å². The highest BCUT2D eigenvalue weighted by Gasteiger charge is 2.33. The van der Waals surface area contributed by atoms with Crippen LogP contribution in [-0.2, 0) is 7.05 Å². The van der Waals surface area contributed by atoms with Crippen molar-refractivity contribution in [3.05, 3.63) is 23.8 Å². The summed E-state index contributed by atoms with van der Waals surface area (Å²) in [6, 6.07) is 5.95. The van der Waals surface area contributed by atoms with E-state index in [9.17, 15) is 4.79 Å². The lowest BCUT2D eigenvalue weighted by molar-refractivity contribution is 0.0908. The lowest BCUT2D eigenvalue weighted by atomic mass is 9.97. The van der Waals surface area contributed by atoms with Gasteiger partial charge in [-0.25, -0.2) is 0 Å². The largest absolute Gasteiger partial charge is 0.497 e. The third kappa shape index (κ3) is 2.34. The van der Waals surface area contributed by atoms with E-state index in [1.165, 1.54) is 0 Å². The van der Waals surface area contributed by atoms with Gasteiger partial charge in [0.15, 0.2) is 5.78 Å². The summed E-state index contributed by atoms with van der Waals surface area (Å²) in [5.41, 5.74) is 1.96. The predicted octanol–water partition coefficient (Wildman–Crippen LogP) is 2.65. The van der Waals surface area contributed by atoms with Crippen LogP contribution in [0.1, 0.15) is 10.4 Å². The highest BCUT2D eigenvalue weighted by Crippen LogP contribution is 2.40. The molecule has 0 fully saturated rings. The van der Waals surface area contributed by atoms with E-state index >= 15 is 0 Å². The lowest BCUT2D eigenvalue weighted by Gasteiger charge is -2.24. The van der Waals surface area contributed by atoms with Crippen molar-refractivity contribution in [3.63, 3.8) is 0 Å². The molecule has 2 heterocycles. The summed E-state index contributed by atoms with van der Waals surface area (Å²) in [5.74, 6) is 1.97. The molecule has 0 bridgehead atoms. The quantitative estimate of drug-likeness (QED) is 0.873. The number of aromatic nitrogens is 1. The van der Waals surface area contributed by atoms with E-state index in [1.807, 2.05) is 39.3 Å². The minimum atomic E-state index is 0.0642. The Balaban J connectivity index is 2.14. The molecule has 0 N–H and O–H groups in total. The predicted molar refractivity (Wildman–Crippen MR) is 86.6 cm³/mol. The van der Waals surface area contributed by atoms with Crippen molar-refractivity contribution in [1.29, 1.82) is 0 Å². The maximum absolute atomic E-state index is 12.9. The zero-order valence-electron chi connectivity index (χ0n) is 12.8. The number of ketones is 1. The first-order chi connectivity index (χ1) is 10.0. The van der Waals surface area contributed by atoms with Crippen LogP contribution in [-0.4, -0.2) is 48.8 Å². The number of carbonyl (C=O) groups excluding carboxylic acids is 1. The van der Waals surface area contributed by atoms with Crippen LogP contribution in [0.3, 0.4) is 0 Å². The molecule has 0 radical (unpaired) electrons. The van der Waals surface area contributed by atoms with Crippen molar-refractivity contribution in [2.45, 2.75) is 5.03 Å².